The molecule has 3 heterocycles. The van der Waals surface area contributed by atoms with Crippen LogP contribution in [-0.2, 0) is 9.53 Å². The number of hydrazone groups is 1. The zero-order valence-electron chi connectivity index (χ0n) is 25.7. The highest BCUT2D eigenvalue weighted by atomic mass is 16.5. The largest absolute Gasteiger partial charge is 0.458 e. The number of fused-ring (bicyclic) bond motifs is 5. The third-order valence-corrected chi connectivity index (χ3v) is 12.1. The van der Waals surface area contributed by atoms with Gasteiger partial charge in [0.25, 0.3) is 11.8 Å². The third-order valence-electron chi connectivity index (χ3n) is 12.1. The number of aromatic nitrogens is 3. The second-order valence-corrected chi connectivity index (χ2v) is 14.0. The van der Waals surface area contributed by atoms with Crippen molar-refractivity contribution >= 4 is 29.8 Å². The number of ether oxygens (including phenoxy) is 1. The van der Waals surface area contributed by atoms with Gasteiger partial charge in [0.05, 0.1) is 23.6 Å². The number of carbonyl (C=O) groups is 3. The number of aliphatic hydroxyl groups is 3. The van der Waals surface area contributed by atoms with E-state index in [9.17, 15) is 29.7 Å². The lowest BCUT2D eigenvalue weighted by Crippen LogP contribution is -2.68. The normalized spacial score (nSPS) is 38.3. The topological polar surface area (TPSA) is 199 Å². The van der Waals surface area contributed by atoms with E-state index in [1.807, 2.05) is 0 Å². The summed E-state index contributed by atoms with van der Waals surface area (Å²) in [7, 11) is 0. The maximum atomic E-state index is 13.2. The molecule has 0 radical (unpaired) electrons. The number of anilines is 1. The summed E-state index contributed by atoms with van der Waals surface area (Å²) in [6.45, 7) is 2.39. The molecular weight excluding hydrogens is 592 g/mol. The Balaban J connectivity index is 1.15. The monoisotopic (exact) mass is 632 g/mol. The molecular formula is C33H40N6O7. The fourth-order valence-electron chi connectivity index (χ4n) is 9.87. The molecule has 7 rings (SSSR count). The first kappa shape index (κ1) is 30.7. The zero-order valence-corrected chi connectivity index (χ0v) is 25.7. The predicted octanol–water partition coefficient (Wildman–Crippen LogP) is 2.49. The summed E-state index contributed by atoms with van der Waals surface area (Å²) in [6.07, 6.45) is 10.1. The van der Waals surface area contributed by atoms with Crippen LogP contribution in [-0.4, -0.2) is 78.2 Å². The average Bonchev–Trinajstić information content (AvgIpc) is 3.75. The highest BCUT2D eigenvalue weighted by Crippen LogP contribution is 2.70. The Hall–Kier alpha value is -3.94. The van der Waals surface area contributed by atoms with Crippen LogP contribution in [0.15, 0.2) is 47.5 Å². The molecule has 0 spiro atoms. The highest BCUT2D eigenvalue weighted by molar-refractivity contribution is 6.09. The molecule has 4 saturated carbocycles. The van der Waals surface area contributed by atoms with E-state index in [4.69, 9.17) is 4.74 Å². The van der Waals surface area contributed by atoms with Gasteiger partial charge in [-0.1, -0.05) is 13.0 Å². The summed E-state index contributed by atoms with van der Waals surface area (Å²) in [5.74, 6) is -1.59. The summed E-state index contributed by atoms with van der Waals surface area (Å²) >= 11 is 0. The molecule has 8 atom stereocenters. The van der Waals surface area contributed by atoms with Crippen molar-refractivity contribution in [3.63, 3.8) is 0 Å². The fourth-order valence-corrected chi connectivity index (χ4v) is 9.87. The molecule has 0 saturated heterocycles. The first-order valence-electron chi connectivity index (χ1n) is 16.1. The second kappa shape index (κ2) is 11.1. The van der Waals surface area contributed by atoms with Crippen molar-refractivity contribution in [2.75, 3.05) is 11.9 Å². The molecule has 6 N–H and O–H groups in total. The molecule has 2 aromatic heterocycles. The van der Waals surface area contributed by atoms with E-state index in [1.165, 1.54) is 12.5 Å². The van der Waals surface area contributed by atoms with Crippen LogP contribution in [0.2, 0.25) is 0 Å². The number of imidazole rings is 1. The van der Waals surface area contributed by atoms with Crippen LogP contribution in [0.5, 0.6) is 0 Å². The Labute approximate surface area is 265 Å². The smallest absolute Gasteiger partial charge is 0.331 e. The number of nitrogens with zero attached hydrogens (tertiary/aromatic N) is 3. The summed E-state index contributed by atoms with van der Waals surface area (Å²) < 4.78 is 5.24. The molecule has 13 nitrogen and oxygen atoms in total. The molecule has 1 aliphatic heterocycles. The lowest BCUT2D eigenvalue weighted by atomic mass is 9.41. The Bertz CT molecular complexity index is 1610. The number of amides is 2. The number of rotatable bonds is 6. The van der Waals surface area contributed by atoms with Crippen molar-refractivity contribution in [3.8, 4) is 0 Å². The third kappa shape index (κ3) is 4.62. The van der Waals surface area contributed by atoms with Crippen LogP contribution in [0.3, 0.4) is 0 Å². The van der Waals surface area contributed by atoms with Crippen molar-refractivity contribution in [2.45, 2.75) is 82.0 Å². The summed E-state index contributed by atoms with van der Waals surface area (Å²) in [6, 6.07) is 5.06. The van der Waals surface area contributed by atoms with Gasteiger partial charge in [-0.2, -0.15) is 5.10 Å². The van der Waals surface area contributed by atoms with Crippen LogP contribution < -0.4 is 10.7 Å². The van der Waals surface area contributed by atoms with Gasteiger partial charge >= 0.3 is 5.97 Å². The van der Waals surface area contributed by atoms with E-state index < -0.39 is 40.0 Å². The number of hydrogen-bond donors (Lipinski definition) is 6. The highest BCUT2D eigenvalue weighted by Gasteiger charge is 2.71. The Morgan fingerprint density at radius 1 is 1.07 bits per heavy atom. The SMILES string of the molecule is CC12CC[C@H]3[C@@H](CCC4(O)C[C@H](O)CCC34/C=N\NC(=O)c3nc[nH]c3C(=O)Nc3ccccn3)C1(O)CCC2C1=CC(=O)OC1. The molecule has 244 valence electrons. The maximum Gasteiger partial charge on any atom is 0.331 e. The van der Waals surface area contributed by atoms with E-state index in [-0.39, 0.29) is 48.1 Å². The molecule has 2 aromatic rings. The minimum absolute atomic E-state index is 0.0284. The Morgan fingerprint density at radius 2 is 1.89 bits per heavy atom. The molecule has 0 bridgehead atoms. The van der Waals surface area contributed by atoms with Gasteiger partial charge in [-0.25, -0.2) is 20.2 Å². The Morgan fingerprint density at radius 3 is 2.65 bits per heavy atom. The summed E-state index contributed by atoms with van der Waals surface area (Å²) in [5.41, 5.74) is -0.423. The molecule has 2 amide bonds. The quantitative estimate of drug-likeness (QED) is 0.157. The van der Waals surface area contributed by atoms with Crippen LogP contribution in [0.25, 0.3) is 0 Å². The number of H-pyrrole nitrogens is 1. The van der Waals surface area contributed by atoms with Crippen molar-refractivity contribution in [1.29, 1.82) is 0 Å². The van der Waals surface area contributed by atoms with Crippen LogP contribution >= 0.6 is 0 Å². The number of aromatic amines is 1. The number of pyridine rings is 1. The maximum absolute atomic E-state index is 13.2. The van der Waals surface area contributed by atoms with Crippen LogP contribution in [0, 0.1) is 28.6 Å². The van der Waals surface area contributed by atoms with E-state index in [0.717, 1.165) is 12.0 Å². The predicted molar refractivity (Wildman–Crippen MR) is 164 cm³/mol. The molecule has 4 fully saturated rings. The molecule has 4 aliphatic carbocycles. The van der Waals surface area contributed by atoms with E-state index >= 15 is 0 Å². The Kier molecular flexibility index (Phi) is 7.41. The number of carbonyl (C=O) groups excluding carboxylic acids is 3. The minimum Gasteiger partial charge on any atom is -0.458 e. The lowest BCUT2D eigenvalue weighted by molar-refractivity contribution is -0.237. The lowest BCUT2D eigenvalue weighted by Gasteiger charge is -2.65. The van der Waals surface area contributed by atoms with Gasteiger partial charge < -0.3 is 30.4 Å². The van der Waals surface area contributed by atoms with Gasteiger partial charge in [0.1, 0.15) is 18.1 Å². The summed E-state index contributed by atoms with van der Waals surface area (Å²) in [5, 5.41) is 42.4. The van der Waals surface area contributed by atoms with Crippen molar-refractivity contribution in [2.24, 2.45) is 33.7 Å². The molecule has 13 heteroatoms. The number of aliphatic hydroxyl groups excluding tert-OH is 1. The molecule has 46 heavy (non-hydrogen) atoms. The van der Waals surface area contributed by atoms with E-state index in [2.05, 4.69) is 37.7 Å². The number of nitrogens with one attached hydrogen (secondary N) is 3. The number of hydrogen-bond acceptors (Lipinski definition) is 10. The molecule has 5 unspecified atom stereocenters. The van der Waals surface area contributed by atoms with Crippen LogP contribution in [0.1, 0.15) is 85.7 Å². The van der Waals surface area contributed by atoms with E-state index in [1.54, 1.807) is 30.5 Å². The van der Waals surface area contributed by atoms with E-state index in [0.29, 0.717) is 50.8 Å². The van der Waals surface area contributed by atoms with Crippen molar-refractivity contribution in [1.82, 2.24) is 20.4 Å². The second-order valence-electron chi connectivity index (χ2n) is 14.0. The van der Waals surface area contributed by atoms with Gasteiger partial charge in [-0.3, -0.25) is 9.59 Å². The number of cyclic esters (lactones) is 1. The van der Waals surface area contributed by atoms with Gasteiger partial charge in [0.2, 0.25) is 0 Å². The standard InChI is InChI=1S/C33H40N6O7/c1-30-9-6-22-23(33(30,45)12-8-21(30)19-14-25(41)46-16-19)7-11-32(44)15-20(40)5-10-31(22,32)17-37-39-29(43)27-26(35-18-36-27)28(42)38-24-4-2-3-13-34-24/h2-4,13-14,17-18,20-23,40,44-45H,5-12,15-16H2,1H3,(H,35,36)(H,39,43)(H,34,38,42)/b37-17-/t20-,21?,22+,23-,30?,31?,32?,33?/m1/s1. The van der Waals surface area contributed by atoms with Gasteiger partial charge in [-0.15, -0.1) is 0 Å². The van der Waals surface area contributed by atoms with Crippen molar-refractivity contribution in [3.05, 3.63) is 53.8 Å². The van der Waals surface area contributed by atoms with Gasteiger partial charge in [0, 0.05) is 35.7 Å². The van der Waals surface area contributed by atoms with Gasteiger partial charge in [-0.05, 0) is 86.8 Å². The van der Waals surface area contributed by atoms with Gasteiger partial charge in [0.15, 0.2) is 5.69 Å². The zero-order chi connectivity index (χ0) is 32.3. The molecule has 5 aliphatic rings. The molecule has 0 aromatic carbocycles. The first-order valence-corrected chi connectivity index (χ1v) is 16.1. The minimum atomic E-state index is -1.28. The first-order chi connectivity index (χ1) is 22.0. The number of esters is 1. The average molecular weight is 633 g/mol. The van der Waals surface area contributed by atoms with Crippen molar-refractivity contribution < 1.29 is 34.4 Å². The fraction of sp³-hybridized carbons (Fsp3) is 0.576. The van der Waals surface area contributed by atoms with Crippen LogP contribution in [0.4, 0.5) is 5.82 Å². The summed E-state index contributed by atoms with van der Waals surface area (Å²) in [4.78, 5) is 48.8.